The Bertz CT molecular complexity index is 586. The van der Waals surface area contributed by atoms with E-state index in [2.05, 4.69) is 9.55 Å². The fourth-order valence-electron chi connectivity index (χ4n) is 2.53. The molecule has 0 saturated carbocycles. The molecule has 2 aromatic rings. The van der Waals surface area contributed by atoms with Gasteiger partial charge in [0.1, 0.15) is 5.75 Å². The minimum atomic E-state index is 0.224. The van der Waals surface area contributed by atoms with Crippen molar-refractivity contribution < 1.29 is 9.53 Å². The maximum absolute atomic E-state index is 12.1. The minimum absolute atomic E-state index is 0.224. The normalized spacial score (nSPS) is 14.8. The number of carbonyl (C=O) groups is 1. The van der Waals surface area contributed by atoms with E-state index in [4.69, 9.17) is 4.74 Å². The van der Waals surface area contributed by atoms with Crippen LogP contribution in [0, 0.1) is 0 Å². The molecule has 0 bridgehead atoms. The summed E-state index contributed by atoms with van der Waals surface area (Å²) in [5, 5.41) is 0. The minimum Gasteiger partial charge on any atom is -0.497 e. The second-order valence-electron chi connectivity index (χ2n) is 5.31. The first-order valence-electron chi connectivity index (χ1n) is 7.14. The molecule has 1 aromatic heterocycles. The molecule has 5 nitrogen and oxygen atoms in total. The maximum atomic E-state index is 12.1. The largest absolute Gasteiger partial charge is 0.497 e. The molecule has 1 saturated heterocycles. The van der Waals surface area contributed by atoms with Gasteiger partial charge in [-0.1, -0.05) is 12.1 Å². The van der Waals surface area contributed by atoms with Gasteiger partial charge in [0.2, 0.25) is 5.91 Å². The highest BCUT2D eigenvalue weighted by Gasteiger charge is 2.30. The van der Waals surface area contributed by atoms with Crippen molar-refractivity contribution in [3.63, 3.8) is 0 Å². The molecule has 0 N–H and O–H groups in total. The molecule has 0 unspecified atom stereocenters. The molecule has 1 amide bonds. The van der Waals surface area contributed by atoms with E-state index in [1.165, 1.54) is 0 Å². The molecule has 1 aliphatic heterocycles. The highest BCUT2D eigenvalue weighted by atomic mass is 16.5. The average molecular weight is 285 g/mol. The summed E-state index contributed by atoms with van der Waals surface area (Å²) in [4.78, 5) is 18.1. The van der Waals surface area contributed by atoms with E-state index in [0.29, 0.717) is 12.5 Å². The Morgan fingerprint density at radius 2 is 2.10 bits per heavy atom. The van der Waals surface area contributed by atoms with Crippen molar-refractivity contribution in [2.24, 2.45) is 0 Å². The predicted octanol–water partition coefficient (Wildman–Crippen LogP) is 1.91. The van der Waals surface area contributed by atoms with Crippen LogP contribution in [-0.2, 0) is 11.2 Å². The molecule has 0 atom stereocenters. The SMILES string of the molecule is COc1ccc(CCC(=O)N2CC(n3ccnc3)C2)cc1. The number of methoxy groups -OCH3 is 1. The third kappa shape index (κ3) is 3.07. The number of rotatable bonds is 5. The Kier molecular flexibility index (Phi) is 3.90. The first-order valence-corrected chi connectivity index (χ1v) is 7.14. The summed E-state index contributed by atoms with van der Waals surface area (Å²) in [6, 6.07) is 8.27. The molecular formula is C16H19N3O2. The zero-order chi connectivity index (χ0) is 14.7. The van der Waals surface area contributed by atoms with Crippen LogP contribution in [0.25, 0.3) is 0 Å². The van der Waals surface area contributed by atoms with Crippen molar-refractivity contribution in [3.8, 4) is 5.75 Å². The zero-order valence-corrected chi connectivity index (χ0v) is 12.1. The van der Waals surface area contributed by atoms with E-state index in [0.717, 1.165) is 30.8 Å². The Balaban J connectivity index is 1.45. The van der Waals surface area contributed by atoms with Gasteiger partial charge in [-0.3, -0.25) is 4.79 Å². The van der Waals surface area contributed by atoms with Gasteiger partial charge in [-0.15, -0.1) is 0 Å². The van der Waals surface area contributed by atoms with Gasteiger partial charge in [-0.2, -0.15) is 0 Å². The van der Waals surface area contributed by atoms with Crippen molar-refractivity contribution in [2.75, 3.05) is 20.2 Å². The number of hydrogen-bond acceptors (Lipinski definition) is 3. The summed E-state index contributed by atoms with van der Waals surface area (Å²) >= 11 is 0. The molecule has 1 aliphatic rings. The van der Waals surface area contributed by atoms with Crippen LogP contribution in [-0.4, -0.2) is 40.6 Å². The van der Waals surface area contributed by atoms with E-state index in [-0.39, 0.29) is 5.91 Å². The molecule has 0 spiro atoms. The summed E-state index contributed by atoms with van der Waals surface area (Å²) in [5.41, 5.74) is 1.16. The maximum Gasteiger partial charge on any atom is 0.223 e. The van der Waals surface area contributed by atoms with E-state index >= 15 is 0 Å². The Labute approximate surface area is 124 Å². The second kappa shape index (κ2) is 5.99. The molecule has 5 heteroatoms. The number of amides is 1. The summed E-state index contributed by atoms with van der Waals surface area (Å²) in [7, 11) is 1.65. The number of ether oxygens (including phenoxy) is 1. The number of nitrogens with zero attached hydrogens (tertiary/aromatic N) is 3. The van der Waals surface area contributed by atoms with Crippen LogP contribution >= 0.6 is 0 Å². The van der Waals surface area contributed by atoms with Gasteiger partial charge < -0.3 is 14.2 Å². The Morgan fingerprint density at radius 3 is 2.71 bits per heavy atom. The van der Waals surface area contributed by atoms with Crippen LogP contribution in [0.15, 0.2) is 43.0 Å². The summed E-state index contributed by atoms with van der Waals surface area (Å²) in [6.45, 7) is 1.58. The van der Waals surface area contributed by atoms with Gasteiger partial charge in [-0.05, 0) is 24.1 Å². The number of carbonyl (C=O) groups excluding carboxylic acids is 1. The van der Waals surface area contributed by atoms with E-state index in [1.807, 2.05) is 41.7 Å². The number of likely N-dealkylation sites (tertiary alicyclic amines) is 1. The van der Waals surface area contributed by atoms with E-state index in [1.54, 1.807) is 13.3 Å². The van der Waals surface area contributed by atoms with Gasteiger partial charge in [0.25, 0.3) is 0 Å². The Hall–Kier alpha value is -2.30. The summed E-state index contributed by atoms with van der Waals surface area (Å²) in [5.74, 6) is 1.07. The number of imidazole rings is 1. The van der Waals surface area contributed by atoms with Crippen molar-refractivity contribution >= 4 is 5.91 Å². The molecule has 3 rings (SSSR count). The molecule has 1 fully saturated rings. The summed E-state index contributed by atoms with van der Waals surface area (Å²) in [6.07, 6.45) is 6.86. The van der Waals surface area contributed by atoms with Crippen molar-refractivity contribution in [1.82, 2.24) is 14.5 Å². The van der Waals surface area contributed by atoms with Crippen LogP contribution in [0.1, 0.15) is 18.0 Å². The van der Waals surface area contributed by atoms with Crippen molar-refractivity contribution in [3.05, 3.63) is 48.5 Å². The van der Waals surface area contributed by atoms with Crippen molar-refractivity contribution in [2.45, 2.75) is 18.9 Å². The van der Waals surface area contributed by atoms with E-state index in [9.17, 15) is 4.79 Å². The molecule has 110 valence electrons. The number of benzene rings is 1. The lowest BCUT2D eigenvalue weighted by molar-refractivity contribution is -0.136. The molecule has 0 aliphatic carbocycles. The van der Waals surface area contributed by atoms with Crippen molar-refractivity contribution in [1.29, 1.82) is 0 Å². The third-order valence-corrected chi connectivity index (χ3v) is 3.95. The first kappa shape index (κ1) is 13.7. The highest BCUT2D eigenvalue weighted by molar-refractivity contribution is 5.77. The van der Waals surface area contributed by atoms with Gasteiger partial charge >= 0.3 is 0 Å². The van der Waals surface area contributed by atoms with Gasteiger partial charge in [0.05, 0.1) is 19.5 Å². The fraction of sp³-hybridized carbons (Fsp3) is 0.375. The molecular weight excluding hydrogens is 266 g/mol. The van der Waals surface area contributed by atoms with Gasteiger partial charge in [0, 0.05) is 31.9 Å². The number of hydrogen-bond donors (Lipinski definition) is 0. The van der Waals surface area contributed by atoms with Crippen LogP contribution in [0.2, 0.25) is 0 Å². The Morgan fingerprint density at radius 1 is 1.33 bits per heavy atom. The molecule has 21 heavy (non-hydrogen) atoms. The zero-order valence-electron chi connectivity index (χ0n) is 12.1. The molecule has 2 heterocycles. The van der Waals surface area contributed by atoms with Crippen LogP contribution < -0.4 is 4.74 Å². The lowest BCUT2D eigenvalue weighted by Crippen LogP contribution is -2.50. The van der Waals surface area contributed by atoms with Gasteiger partial charge in [-0.25, -0.2) is 4.98 Å². The molecule has 1 aromatic carbocycles. The van der Waals surface area contributed by atoms with Crippen LogP contribution in [0.4, 0.5) is 0 Å². The monoisotopic (exact) mass is 285 g/mol. The fourth-order valence-corrected chi connectivity index (χ4v) is 2.53. The first-order chi connectivity index (χ1) is 10.3. The lowest BCUT2D eigenvalue weighted by Gasteiger charge is -2.39. The predicted molar refractivity (Wildman–Crippen MR) is 79.2 cm³/mol. The summed E-state index contributed by atoms with van der Waals surface area (Å²) < 4.78 is 7.19. The third-order valence-electron chi connectivity index (χ3n) is 3.95. The molecule has 0 radical (unpaired) electrons. The lowest BCUT2D eigenvalue weighted by atomic mass is 10.1. The van der Waals surface area contributed by atoms with Crippen LogP contribution in [0.3, 0.4) is 0 Å². The average Bonchev–Trinajstić information content (AvgIpc) is 2.98. The number of aromatic nitrogens is 2. The topological polar surface area (TPSA) is 47.4 Å². The van der Waals surface area contributed by atoms with Gasteiger partial charge in [0.15, 0.2) is 0 Å². The highest BCUT2D eigenvalue weighted by Crippen LogP contribution is 2.22. The quantitative estimate of drug-likeness (QED) is 0.843. The van der Waals surface area contributed by atoms with Crippen LogP contribution in [0.5, 0.6) is 5.75 Å². The standard InChI is InChI=1S/C16H19N3O2/c1-21-15-5-2-13(3-6-15)4-7-16(20)19-10-14(11-19)18-9-8-17-12-18/h2-3,5-6,8-9,12,14H,4,7,10-11H2,1H3. The second-order valence-corrected chi connectivity index (χ2v) is 5.31. The smallest absolute Gasteiger partial charge is 0.223 e. The number of aryl methyl sites for hydroxylation is 1. The van der Waals surface area contributed by atoms with E-state index < -0.39 is 0 Å².